The summed E-state index contributed by atoms with van der Waals surface area (Å²) in [6.07, 6.45) is 1.28. The van der Waals surface area contributed by atoms with Gasteiger partial charge < -0.3 is 0 Å². The Morgan fingerprint density at radius 1 is 1.12 bits per heavy atom. The maximum atomic E-state index is 11.3. The van der Waals surface area contributed by atoms with Crippen LogP contribution < -0.4 is 0 Å². The second-order valence-electron chi connectivity index (χ2n) is 4.19. The van der Waals surface area contributed by atoms with Crippen molar-refractivity contribution in [1.82, 2.24) is 0 Å². The zero-order valence-corrected chi connectivity index (χ0v) is 8.89. The fraction of sp³-hybridized carbons (Fsp3) is 0.417. The normalized spacial score (nSPS) is 19.4. The fourth-order valence-electron chi connectivity index (χ4n) is 2.27. The first-order valence-electron chi connectivity index (χ1n) is 5.37. The van der Waals surface area contributed by atoms with Gasteiger partial charge >= 0.3 is 0 Å². The molecule has 0 unspecified atom stereocenters. The molecule has 0 bridgehead atoms. The van der Waals surface area contributed by atoms with Crippen LogP contribution in [0.25, 0.3) is 0 Å². The Balaban J connectivity index is 2.37. The van der Waals surface area contributed by atoms with E-state index in [1.165, 1.54) is 0 Å². The number of hydrogen-bond acceptors (Lipinski definition) is 3. The topological polar surface area (TPSA) is 60.2 Å². The monoisotopic (exact) mass is 219 g/mol. The Bertz CT molecular complexity index is 404. The van der Waals surface area contributed by atoms with E-state index in [1.807, 2.05) is 6.07 Å². The van der Waals surface area contributed by atoms with Crippen LogP contribution in [-0.4, -0.2) is 10.7 Å². The molecule has 1 saturated carbocycles. The maximum absolute atomic E-state index is 11.3. The molecule has 0 aromatic heterocycles. The Morgan fingerprint density at radius 3 is 2.19 bits per heavy atom. The summed E-state index contributed by atoms with van der Waals surface area (Å²) in [4.78, 5) is 22.2. The van der Waals surface area contributed by atoms with Crippen LogP contribution in [0.3, 0.4) is 0 Å². The van der Waals surface area contributed by atoms with E-state index in [4.69, 9.17) is 0 Å². The minimum absolute atomic E-state index is 0.133. The predicted molar refractivity (Wildman–Crippen MR) is 58.6 cm³/mol. The van der Waals surface area contributed by atoms with Gasteiger partial charge in [-0.1, -0.05) is 30.3 Å². The zero-order valence-electron chi connectivity index (χ0n) is 8.89. The molecule has 1 aromatic carbocycles. The van der Waals surface area contributed by atoms with Crippen LogP contribution in [0.15, 0.2) is 30.3 Å². The summed E-state index contributed by atoms with van der Waals surface area (Å²) in [7, 11) is 0. The lowest BCUT2D eigenvalue weighted by Crippen LogP contribution is -2.39. The van der Waals surface area contributed by atoms with Crippen molar-refractivity contribution >= 4 is 5.78 Å². The molecule has 2 rings (SSSR count). The quantitative estimate of drug-likeness (QED) is 0.566. The van der Waals surface area contributed by atoms with E-state index < -0.39 is 5.54 Å². The molecule has 1 aliphatic carbocycles. The highest BCUT2D eigenvalue weighted by Crippen LogP contribution is 2.38. The molecule has 0 N–H and O–H groups in total. The van der Waals surface area contributed by atoms with Crippen LogP contribution >= 0.6 is 0 Å². The molecular formula is C12H13NO3. The number of hydrogen-bond donors (Lipinski definition) is 0. The van der Waals surface area contributed by atoms with E-state index in [9.17, 15) is 14.9 Å². The molecule has 84 valence electrons. The van der Waals surface area contributed by atoms with E-state index in [0.717, 1.165) is 0 Å². The first kappa shape index (κ1) is 10.8. The Labute approximate surface area is 93.4 Å². The molecule has 0 spiro atoms. The number of rotatable bonds is 2. The standard InChI is InChI=1S/C12H13NO3/c14-11-6-8-12(9-7-11,13(15)16)10-4-2-1-3-5-10/h1-5H,6-9H2. The molecule has 4 nitrogen and oxygen atoms in total. The first-order valence-corrected chi connectivity index (χ1v) is 5.37. The van der Waals surface area contributed by atoms with Gasteiger partial charge in [0.25, 0.3) is 0 Å². The molecule has 4 heteroatoms. The van der Waals surface area contributed by atoms with Crippen molar-refractivity contribution < 1.29 is 9.72 Å². The van der Waals surface area contributed by atoms with Gasteiger partial charge in [-0.3, -0.25) is 14.9 Å². The van der Waals surface area contributed by atoms with E-state index in [0.29, 0.717) is 31.2 Å². The Kier molecular flexibility index (Phi) is 2.73. The summed E-state index contributed by atoms with van der Waals surface area (Å²) in [5.74, 6) is 0.133. The molecular weight excluding hydrogens is 206 g/mol. The third-order valence-corrected chi connectivity index (χ3v) is 3.30. The van der Waals surface area contributed by atoms with Crippen molar-refractivity contribution in [3.8, 4) is 0 Å². The second kappa shape index (κ2) is 4.04. The van der Waals surface area contributed by atoms with E-state index >= 15 is 0 Å². The van der Waals surface area contributed by atoms with Crippen molar-refractivity contribution in [2.45, 2.75) is 31.2 Å². The van der Waals surface area contributed by atoms with Crippen molar-refractivity contribution in [2.24, 2.45) is 0 Å². The number of Topliss-reactive ketones (excluding diaryl/α,β-unsaturated/α-hetero) is 1. The summed E-state index contributed by atoms with van der Waals surface area (Å²) in [5, 5.41) is 11.3. The molecule has 16 heavy (non-hydrogen) atoms. The molecule has 0 amide bonds. The summed E-state index contributed by atoms with van der Waals surface area (Å²) in [6, 6.07) is 9.00. The van der Waals surface area contributed by atoms with Crippen molar-refractivity contribution in [3.63, 3.8) is 0 Å². The minimum atomic E-state index is -1.05. The van der Waals surface area contributed by atoms with Gasteiger partial charge in [-0.2, -0.15) is 0 Å². The van der Waals surface area contributed by atoms with Gasteiger partial charge in [0.2, 0.25) is 5.54 Å². The lowest BCUT2D eigenvalue weighted by Gasteiger charge is -2.28. The van der Waals surface area contributed by atoms with Gasteiger partial charge in [0.1, 0.15) is 5.78 Å². The molecule has 1 aromatic rings. The Hall–Kier alpha value is -1.71. The van der Waals surface area contributed by atoms with Crippen molar-refractivity contribution in [2.75, 3.05) is 0 Å². The second-order valence-corrected chi connectivity index (χ2v) is 4.19. The molecule has 0 atom stereocenters. The lowest BCUT2D eigenvalue weighted by molar-refractivity contribution is -0.583. The average molecular weight is 219 g/mol. The number of nitro groups is 1. The molecule has 0 radical (unpaired) electrons. The van der Waals surface area contributed by atoms with Crippen LogP contribution in [0.1, 0.15) is 31.2 Å². The van der Waals surface area contributed by atoms with Gasteiger partial charge in [-0.05, 0) is 0 Å². The number of carbonyl (C=O) groups excluding carboxylic acids is 1. The molecule has 1 fully saturated rings. The minimum Gasteiger partial charge on any atom is -0.300 e. The first-order chi connectivity index (χ1) is 7.65. The van der Waals surface area contributed by atoms with Crippen molar-refractivity contribution in [3.05, 3.63) is 46.0 Å². The molecule has 1 aliphatic rings. The number of nitrogens with zero attached hydrogens (tertiary/aromatic N) is 1. The van der Waals surface area contributed by atoms with Crippen LogP contribution in [0.4, 0.5) is 0 Å². The highest BCUT2D eigenvalue weighted by molar-refractivity contribution is 5.79. The van der Waals surface area contributed by atoms with Crippen LogP contribution in [0, 0.1) is 10.1 Å². The molecule has 0 heterocycles. The highest BCUT2D eigenvalue weighted by Gasteiger charge is 2.47. The van der Waals surface area contributed by atoms with E-state index in [1.54, 1.807) is 24.3 Å². The van der Waals surface area contributed by atoms with Gasteiger partial charge in [0.05, 0.1) is 0 Å². The average Bonchev–Trinajstić information content (AvgIpc) is 2.31. The van der Waals surface area contributed by atoms with Gasteiger partial charge in [-0.25, -0.2) is 0 Å². The van der Waals surface area contributed by atoms with Crippen molar-refractivity contribution in [1.29, 1.82) is 0 Å². The highest BCUT2D eigenvalue weighted by atomic mass is 16.6. The zero-order chi connectivity index (χ0) is 11.6. The lowest BCUT2D eigenvalue weighted by atomic mass is 9.77. The molecule has 0 saturated heterocycles. The third-order valence-electron chi connectivity index (χ3n) is 3.30. The van der Waals surface area contributed by atoms with Gasteiger partial charge in [0, 0.05) is 36.2 Å². The summed E-state index contributed by atoms with van der Waals surface area (Å²) in [5.41, 5.74) is -0.331. The summed E-state index contributed by atoms with van der Waals surface area (Å²) >= 11 is 0. The third kappa shape index (κ3) is 1.71. The summed E-state index contributed by atoms with van der Waals surface area (Å²) < 4.78 is 0. The van der Waals surface area contributed by atoms with Crippen LogP contribution in [-0.2, 0) is 10.3 Å². The number of carbonyl (C=O) groups is 1. The summed E-state index contributed by atoms with van der Waals surface area (Å²) in [6.45, 7) is 0. The largest absolute Gasteiger partial charge is 0.300 e. The smallest absolute Gasteiger partial charge is 0.248 e. The van der Waals surface area contributed by atoms with E-state index in [2.05, 4.69) is 0 Å². The van der Waals surface area contributed by atoms with Gasteiger partial charge in [0.15, 0.2) is 0 Å². The number of ketones is 1. The fourth-order valence-corrected chi connectivity index (χ4v) is 2.27. The maximum Gasteiger partial charge on any atom is 0.248 e. The van der Waals surface area contributed by atoms with E-state index in [-0.39, 0.29) is 10.7 Å². The van der Waals surface area contributed by atoms with Gasteiger partial charge in [-0.15, -0.1) is 0 Å². The predicted octanol–water partition coefficient (Wildman–Crippen LogP) is 2.30. The molecule has 0 aliphatic heterocycles. The number of benzene rings is 1. The SMILES string of the molecule is O=C1CCC(c2ccccc2)([N+](=O)[O-])CC1. The van der Waals surface area contributed by atoms with Crippen LogP contribution in [0.2, 0.25) is 0 Å². The van der Waals surface area contributed by atoms with Crippen LogP contribution in [0.5, 0.6) is 0 Å². The Morgan fingerprint density at radius 2 is 1.69 bits per heavy atom.